The number of halogens is 1. The number of sulfonamides is 1. The highest BCUT2D eigenvalue weighted by atomic mass is 32.2. The van der Waals surface area contributed by atoms with Crippen LogP contribution in [0, 0.1) is 5.82 Å². The molecule has 0 aliphatic carbocycles. The van der Waals surface area contributed by atoms with E-state index in [1.165, 1.54) is 28.2 Å². The third kappa shape index (κ3) is 5.44. The number of carbonyl (C=O) groups excluding carboxylic acids is 1. The first-order valence-electron chi connectivity index (χ1n) is 10.0. The summed E-state index contributed by atoms with van der Waals surface area (Å²) >= 11 is 1.42. The molecule has 8 nitrogen and oxygen atoms in total. The minimum absolute atomic E-state index is 0.0255. The van der Waals surface area contributed by atoms with Gasteiger partial charge in [-0.3, -0.25) is 9.52 Å². The molecule has 0 atom stereocenters. The topological polar surface area (TPSA) is 106 Å². The monoisotopic (exact) mass is 485 g/mol. The van der Waals surface area contributed by atoms with E-state index in [-0.39, 0.29) is 11.6 Å². The van der Waals surface area contributed by atoms with E-state index < -0.39 is 21.7 Å². The number of amides is 1. The number of anilines is 2. The molecular formula is C22H20FN5O3S2. The SMILES string of the molecule is CCCS(=O)(=O)Nc1ccc(NC(=O)c2nc(-c3cccs3)n(-c3cccc(F)c3)n2)cc1. The van der Waals surface area contributed by atoms with Gasteiger partial charge in [0.15, 0.2) is 5.82 Å². The molecule has 33 heavy (non-hydrogen) atoms. The average molecular weight is 486 g/mol. The molecule has 4 rings (SSSR count). The van der Waals surface area contributed by atoms with Gasteiger partial charge in [-0.2, -0.15) is 0 Å². The maximum Gasteiger partial charge on any atom is 0.295 e. The highest BCUT2D eigenvalue weighted by molar-refractivity contribution is 7.92. The minimum atomic E-state index is -3.40. The van der Waals surface area contributed by atoms with Crippen molar-refractivity contribution in [3.63, 3.8) is 0 Å². The molecule has 170 valence electrons. The van der Waals surface area contributed by atoms with Crippen molar-refractivity contribution >= 4 is 38.6 Å². The number of hydrogen-bond acceptors (Lipinski definition) is 6. The third-order valence-corrected chi connectivity index (χ3v) is 6.85. The van der Waals surface area contributed by atoms with Gasteiger partial charge in [0.2, 0.25) is 15.8 Å². The molecule has 2 N–H and O–H groups in total. The van der Waals surface area contributed by atoms with E-state index in [4.69, 9.17) is 0 Å². The van der Waals surface area contributed by atoms with Gasteiger partial charge in [0, 0.05) is 11.4 Å². The molecule has 0 aliphatic rings. The minimum Gasteiger partial charge on any atom is -0.319 e. The highest BCUT2D eigenvalue weighted by Gasteiger charge is 2.20. The van der Waals surface area contributed by atoms with Crippen molar-refractivity contribution < 1.29 is 17.6 Å². The van der Waals surface area contributed by atoms with Gasteiger partial charge in [0.1, 0.15) is 5.82 Å². The van der Waals surface area contributed by atoms with Crippen LogP contribution in [0.4, 0.5) is 15.8 Å². The van der Waals surface area contributed by atoms with Crippen molar-refractivity contribution in [2.75, 3.05) is 15.8 Å². The standard InChI is InChI=1S/C22H20FN5O3S2/c1-2-13-33(30,31)27-17-10-8-16(9-11-17)24-22(29)20-25-21(19-7-4-12-32-19)28(26-20)18-6-3-5-15(23)14-18/h3-12,14,27H,2,13H2,1H3,(H,24,29). The zero-order chi connectivity index (χ0) is 23.4. The Morgan fingerprint density at radius 3 is 2.52 bits per heavy atom. The summed E-state index contributed by atoms with van der Waals surface area (Å²) in [5.74, 6) is -0.627. The van der Waals surface area contributed by atoms with E-state index in [0.717, 1.165) is 4.88 Å². The molecule has 0 bridgehead atoms. The van der Waals surface area contributed by atoms with E-state index in [9.17, 15) is 17.6 Å². The Hall–Kier alpha value is -3.57. The lowest BCUT2D eigenvalue weighted by molar-refractivity contribution is 0.101. The summed E-state index contributed by atoms with van der Waals surface area (Å²) in [5, 5.41) is 8.87. The van der Waals surface area contributed by atoms with E-state index in [2.05, 4.69) is 20.1 Å². The molecule has 1 amide bonds. The second-order valence-electron chi connectivity index (χ2n) is 7.08. The molecule has 0 saturated heterocycles. The number of nitrogens with one attached hydrogen (secondary N) is 2. The van der Waals surface area contributed by atoms with Crippen molar-refractivity contribution in [2.24, 2.45) is 0 Å². The predicted molar refractivity (Wildman–Crippen MR) is 127 cm³/mol. The fourth-order valence-corrected chi connectivity index (χ4v) is 4.90. The van der Waals surface area contributed by atoms with Crippen molar-refractivity contribution in [3.05, 3.63) is 77.7 Å². The van der Waals surface area contributed by atoms with E-state index in [0.29, 0.717) is 29.3 Å². The van der Waals surface area contributed by atoms with E-state index >= 15 is 0 Å². The molecule has 0 fully saturated rings. The van der Waals surface area contributed by atoms with E-state index in [1.807, 2.05) is 17.5 Å². The zero-order valence-electron chi connectivity index (χ0n) is 17.5. The lowest BCUT2D eigenvalue weighted by Gasteiger charge is -2.08. The quantitative estimate of drug-likeness (QED) is 0.381. The number of rotatable bonds is 8. The zero-order valence-corrected chi connectivity index (χ0v) is 19.2. The molecule has 11 heteroatoms. The Morgan fingerprint density at radius 1 is 1.09 bits per heavy atom. The lowest BCUT2D eigenvalue weighted by Crippen LogP contribution is -2.16. The van der Waals surface area contributed by atoms with Gasteiger partial charge in [-0.1, -0.05) is 19.1 Å². The van der Waals surface area contributed by atoms with Crippen LogP contribution in [-0.2, 0) is 10.0 Å². The normalized spacial score (nSPS) is 11.3. The summed E-state index contributed by atoms with van der Waals surface area (Å²) in [5.41, 5.74) is 1.28. The second kappa shape index (κ2) is 9.51. The van der Waals surface area contributed by atoms with Crippen molar-refractivity contribution in [2.45, 2.75) is 13.3 Å². The summed E-state index contributed by atoms with van der Waals surface area (Å²) in [6.45, 7) is 1.78. The Balaban J connectivity index is 1.57. The molecule has 0 unspecified atom stereocenters. The molecule has 0 aliphatic heterocycles. The fraction of sp³-hybridized carbons (Fsp3) is 0.136. The van der Waals surface area contributed by atoms with Gasteiger partial charge in [-0.15, -0.1) is 16.4 Å². The maximum absolute atomic E-state index is 13.8. The van der Waals surface area contributed by atoms with Crippen LogP contribution < -0.4 is 10.0 Å². The largest absolute Gasteiger partial charge is 0.319 e. The second-order valence-corrected chi connectivity index (χ2v) is 9.87. The highest BCUT2D eigenvalue weighted by Crippen LogP contribution is 2.26. The molecule has 2 aromatic carbocycles. The first-order valence-corrected chi connectivity index (χ1v) is 12.6. The number of aromatic nitrogens is 3. The van der Waals surface area contributed by atoms with Crippen molar-refractivity contribution in [1.29, 1.82) is 0 Å². The number of hydrogen-bond donors (Lipinski definition) is 2. The Morgan fingerprint density at radius 2 is 1.85 bits per heavy atom. The fourth-order valence-electron chi connectivity index (χ4n) is 3.07. The van der Waals surface area contributed by atoms with Crippen LogP contribution >= 0.6 is 11.3 Å². The average Bonchev–Trinajstić information content (AvgIpc) is 3.45. The molecule has 2 aromatic heterocycles. The van der Waals surface area contributed by atoms with Crippen LogP contribution in [0.2, 0.25) is 0 Å². The number of carbonyl (C=O) groups is 1. The number of benzene rings is 2. The van der Waals surface area contributed by atoms with Gasteiger partial charge in [0.25, 0.3) is 5.91 Å². The van der Waals surface area contributed by atoms with Crippen LogP contribution in [0.25, 0.3) is 16.4 Å². The van der Waals surface area contributed by atoms with Crippen molar-refractivity contribution in [3.8, 4) is 16.4 Å². The molecular weight excluding hydrogens is 465 g/mol. The number of nitrogens with zero attached hydrogens (tertiary/aromatic N) is 3. The van der Waals surface area contributed by atoms with Gasteiger partial charge < -0.3 is 5.32 Å². The lowest BCUT2D eigenvalue weighted by atomic mass is 10.3. The van der Waals surface area contributed by atoms with E-state index in [1.54, 1.807) is 43.3 Å². The van der Waals surface area contributed by atoms with Crippen LogP contribution in [0.15, 0.2) is 66.0 Å². The first-order chi connectivity index (χ1) is 15.8. The smallest absolute Gasteiger partial charge is 0.295 e. The Kier molecular flexibility index (Phi) is 6.52. The summed E-state index contributed by atoms with van der Waals surface area (Å²) in [6.07, 6.45) is 0.506. The third-order valence-electron chi connectivity index (χ3n) is 4.49. The van der Waals surface area contributed by atoms with Crippen molar-refractivity contribution in [1.82, 2.24) is 14.8 Å². The van der Waals surface area contributed by atoms with Gasteiger partial charge in [0.05, 0.1) is 16.3 Å². The summed E-state index contributed by atoms with van der Waals surface area (Å²) in [7, 11) is -3.40. The van der Waals surface area contributed by atoms with Gasteiger partial charge in [-0.05, 0) is 60.3 Å². The molecule has 0 saturated carbocycles. The Labute approximate surface area is 194 Å². The van der Waals surface area contributed by atoms with Gasteiger partial charge >= 0.3 is 0 Å². The van der Waals surface area contributed by atoms with Crippen LogP contribution in [0.3, 0.4) is 0 Å². The maximum atomic E-state index is 13.8. The van der Waals surface area contributed by atoms with Gasteiger partial charge in [-0.25, -0.2) is 22.5 Å². The Bertz CT molecular complexity index is 1370. The molecule has 0 radical (unpaired) electrons. The predicted octanol–water partition coefficient (Wildman–Crippen LogP) is 4.54. The molecule has 4 aromatic rings. The van der Waals surface area contributed by atoms with Crippen LogP contribution in [-0.4, -0.2) is 34.8 Å². The summed E-state index contributed by atoms with van der Waals surface area (Å²) in [6, 6.07) is 15.8. The number of thiophene rings is 1. The summed E-state index contributed by atoms with van der Waals surface area (Å²) in [4.78, 5) is 18.0. The molecule has 0 spiro atoms. The van der Waals surface area contributed by atoms with Crippen LogP contribution in [0.5, 0.6) is 0 Å². The first kappa shape index (κ1) is 22.6. The molecule has 2 heterocycles. The summed E-state index contributed by atoms with van der Waals surface area (Å²) < 4.78 is 41.5. The van der Waals surface area contributed by atoms with Crippen LogP contribution in [0.1, 0.15) is 24.0 Å².